The fourth-order valence-corrected chi connectivity index (χ4v) is 2.48. The normalized spacial score (nSPS) is 10.9. The minimum atomic E-state index is 0.631. The van der Waals surface area contributed by atoms with Crippen LogP contribution in [0.1, 0.15) is 43.4 Å². The summed E-state index contributed by atoms with van der Waals surface area (Å²) in [6.07, 6.45) is 3.68. The van der Waals surface area contributed by atoms with E-state index in [0.29, 0.717) is 6.61 Å². The van der Waals surface area contributed by atoms with Gasteiger partial charge in [-0.3, -0.25) is 0 Å². The molecule has 0 heterocycles. The van der Waals surface area contributed by atoms with Gasteiger partial charge in [0.15, 0.2) is 0 Å². The molecular formula is C20H26O. The first-order chi connectivity index (χ1) is 10.2. The molecule has 0 saturated heterocycles. The van der Waals surface area contributed by atoms with Gasteiger partial charge in [0, 0.05) is 0 Å². The van der Waals surface area contributed by atoms with Gasteiger partial charge in [-0.1, -0.05) is 68.7 Å². The topological polar surface area (TPSA) is 9.23 Å². The minimum absolute atomic E-state index is 0.631. The van der Waals surface area contributed by atoms with Gasteiger partial charge >= 0.3 is 0 Å². The molecule has 0 aliphatic rings. The van der Waals surface area contributed by atoms with E-state index in [1.54, 1.807) is 0 Å². The van der Waals surface area contributed by atoms with Crippen molar-refractivity contribution < 1.29 is 4.74 Å². The Morgan fingerprint density at radius 3 is 1.95 bits per heavy atom. The molecule has 0 aromatic heterocycles. The standard InChI is InChI=1S/C20H26O/c1-4-17(5-2)14-18-10-12-20(13-11-18)21-15-19-8-6-16(3)7-9-19/h6-13,17H,4-5,14-15H2,1-3H3. The second kappa shape index (κ2) is 7.87. The molecule has 21 heavy (non-hydrogen) atoms. The van der Waals surface area contributed by atoms with Crippen molar-refractivity contribution in [3.8, 4) is 5.75 Å². The lowest BCUT2D eigenvalue weighted by molar-refractivity contribution is 0.306. The summed E-state index contributed by atoms with van der Waals surface area (Å²) >= 11 is 0. The van der Waals surface area contributed by atoms with E-state index in [4.69, 9.17) is 4.74 Å². The molecule has 2 rings (SSSR count). The first-order valence-electron chi connectivity index (χ1n) is 7.98. The van der Waals surface area contributed by atoms with Crippen LogP contribution in [-0.4, -0.2) is 0 Å². The summed E-state index contributed by atoms with van der Waals surface area (Å²) in [7, 11) is 0. The summed E-state index contributed by atoms with van der Waals surface area (Å²) in [6.45, 7) is 7.27. The summed E-state index contributed by atoms with van der Waals surface area (Å²) in [5.74, 6) is 1.74. The van der Waals surface area contributed by atoms with Gasteiger partial charge in [-0.2, -0.15) is 0 Å². The Bertz CT molecular complexity index is 521. The van der Waals surface area contributed by atoms with Crippen LogP contribution in [0.15, 0.2) is 48.5 Å². The molecule has 112 valence electrons. The maximum Gasteiger partial charge on any atom is 0.119 e. The highest BCUT2D eigenvalue weighted by molar-refractivity contribution is 5.28. The third kappa shape index (κ3) is 4.93. The average Bonchev–Trinajstić information content (AvgIpc) is 2.53. The van der Waals surface area contributed by atoms with E-state index >= 15 is 0 Å². The fourth-order valence-electron chi connectivity index (χ4n) is 2.48. The summed E-state index contributed by atoms with van der Waals surface area (Å²) in [4.78, 5) is 0. The molecule has 0 aliphatic carbocycles. The predicted octanol–water partition coefficient (Wildman–Crippen LogP) is 5.55. The van der Waals surface area contributed by atoms with Crippen molar-refractivity contribution in [3.05, 3.63) is 65.2 Å². The second-order valence-corrected chi connectivity index (χ2v) is 5.80. The van der Waals surface area contributed by atoms with Crippen LogP contribution in [0, 0.1) is 12.8 Å². The summed E-state index contributed by atoms with van der Waals surface area (Å²) in [5, 5.41) is 0. The molecule has 0 radical (unpaired) electrons. The van der Waals surface area contributed by atoms with Crippen molar-refractivity contribution in [2.45, 2.75) is 46.6 Å². The van der Waals surface area contributed by atoms with E-state index in [1.165, 1.54) is 36.0 Å². The third-order valence-corrected chi connectivity index (χ3v) is 4.13. The van der Waals surface area contributed by atoms with Crippen LogP contribution in [0.3, 0.4) is 0 Å². The smallest absolute Gasteiger partial charge is 0.119 e. The van der Waals surface area contributed by atoms with E-state index in [-0.39, 0.29) is 0 Å². The average molecular weight is 282 g/mol. The SMILES string of the molecule is CCC(CC)Cc1ccc(OCc2ccc(C)cc2)cc1. The van der Waals surface area contributed by atoms with Gasteiger partial charge in [-0.05, 0) is 42.5 Å². The molecule has 1 heteroatoms. The molecule has 0 atom stereocenters. The van der Waals surface area contributed by atoms with Gasteiger partial charge in [-0.15, -0.1) is 0 Å². The Morgan fingerprint density at radius 1 is 0.810 bits per heavy atom. The summed E-state index contributed by atoms with van der Waals surface area (Å²) < 4.78 is 5.84. The largest absolute Gasteiger partial charge is 0.489 e. The Labute approximate surface area is 129 Å². The van der Waals surface area contributed by atoms with Gasteiger partial charge in [0.05, 0.1) is 0 Å². The van der Waals surface area contributed by atoms with Gasteiger partial charge in [0.25, 0.3) is 0 Å². The molecule has 0 saturated carbocycles. The molecule has 0 spiro atoms. The third-order valence-electron chi connectivity index (χ3n) is 4.13. The van der Waals surface area contributed by atoms with Crippen LogP contribution in [0.5, 0.6) is 5.75 Å². The van der Waals surface area contributed by atoms with E-state index < -0.39 is 0 Å². The molecule has 2 aromatic rings. The Kier molecular flexibility index (Phi) is 5.86. The Hall–Kier alpha value is -1.76. The maximum atomic E-state index is 5.84. The van der Waals surface area contributed by atoms with E-state index in [1.807, 2.05) is 0 Å². The lowest BCUT2D eigenvalue weighted by Gasteiger charge is -2.12. The summed E-state index contributed by atoms with van der Waals surface area (Å²) in [5.41, 5.74) is 3.90. The molecule has 0 fully saturated rings. The minimum Gasteiger partial charge on any atom is -0.489 e. The monoisotopic (exact) mass is 282 g/mol. The van der Waals surface area contributed by atoms with Gasteiger partial charge < -0.3 is 4.74 Å². The molecular weight excluding hydrogens is 256 g/mol. The van der Waals surface area contributed by atoms with Gasteiger partial charge in [0.2, 0.25) is 0 Å². The number of aryl methyl sites for hydroxylation is 1. The van der Waals surface area contributed by atoms with E-state index in [9.17, 15) is 0 Å². The molecule has 2 aromatic carbocycles. The predicted molar refractivity (Wildman–Crippen MR) is 89.7 cm³/mol. The van der Waals surface area contributed by atoms with Gasteiger partial charge in [0.1, 0.15) is 12.4 Å². The van der Waals surface area contributed by atoms with Crippen LogP contribution in [0.4, 0.5) is 0 Å². The first kappa shape index (κ1) is 15.6. The van der Waals surface area contributed by atoms with Crippen molar-refractivity contribution in [3.63, 3.8) is 0 Å². The van der Waals surface area contributed by atoms with Crippen LogP contribution in [-0.2, 0) is 13.0 Å². The van der Waals surface area contributed by atoms with Crippen molar-refractivity contribution in [1.82, 2.24) is 0 Å². The number of hydrogen-bond donors (Lipinski definition) is 0. The van der Waals surface area contributed by atoms with Crippen molar-refractivity contribution in [2.75, 3.05) is 0 Å². The van der Waals surface area contributed by atoms with Crippen LogP contribution in [0.25, 0.3) is 0 Å². The molecule has 0 unspecified atom stereocenters. The van der Waals surface area contributed by atoms with Crippen LogP contribution >= 0.6 is 0 Å². The van der Waals surface area contributed by atoms with Crippen molar-refractivity contribution in [1.29, 1.82) is 0 Å². The zero-order chi connectivity index (χ0) is 15.1. The lowest BCUT2D eigenvalue weighted by atomic mass is 9.95. The summed E-state index contributed by atoms with van der Waals surface area (Å²) in [6, 6.07) is 17.1. The highest BCUT2D eigenvalue weighted by atomic mass is 16.5. The van der Waals surface area contributed by atoms with E-state index in [2.05, 4.69) is 69.3 Å². The number of rotatable bonds is 7. The first-order valence-corrected chi connectivity index (χ1v) is 7.98. The highest BCUT2D eigenvalue weighted by Gasteiger charge is 2.05. The highest BCUT2D eigenvalue weighted by Crippen LogP contribution is 2.19. The zero-order valence-electron chi connectivity index (χ0n) is 13.4. The molecule has 0 N–H and O–H groups in total. The second-order valence-electron chi connectivity index (χ2n) is 5.80. The number of ether oxygens (including phenoxy) is 1. The van der Waals surface area contributed by atoms with Crippen molar-refractivity contribution in [2.24, 2.45) is 5.92 Å². The van der Waals surface area contributed by atoms with Crippen LogP contribution in [0.2, 0.25) is 0 Å². The molecule has 0 bridgehead atoms. The van der Waals surface area contributed by atoms with E-state index in [0.717, 1.165) is 11.7 Å². The molecule has 0 amide bonds. The number of hydrogen-bond acceptors (Lipinski definition) is 1. The van der Waals surface area contributed by atoms with Crippen LogP contribution < -0.4 is 4.74 Å². The lowest BCUT2D eigenvalue weighted by Crippen LogP contribution is -2.01. The zero-order valence-corrected chi connectivity index (χ0v) is 13.4. The Balaban J connectivity index is 1.88. The van der Waals surface area contributed by atoms with Gasteiger partial charge in [-0.25, -0.2) is 0 Å². The maximum absolute atomic E-state index is 5.84. The molecule has 1 nitrogen and oxygen atoms in total. The molecule has 0 aliphatic heterocycles. The fraction of sp³-hybridized carbons (Fsp3) is 0.400. The number of benzene rings is 2. The van der Waals surface area contributed by atoms with Crippen molar-refractivity contribution >= 4 is 0 Å². The quantitative estimate of drug-likeness (QED) is 0.646. The Morgan fingerprint density at radius 2 is 1.38 bits per heavy atom.